The molecule has 0 saturated heterocycles. The number of carboxylic acid groups (broad SMARTS) is 1. The monoisotopic (exact) mass is 435 g/mol. The van der Waals surface area contributed by atoms with Crippen molar-refractivity contribution < 1.29 is 9.90 Å². The van der Waals surface area contributed by atoms with Gasteiger partial charge in [-0.1, -0.05) is 72.8 Å². The van der Waals surface area contributed by atoms with Crippen LogP contribution in [0.4, 0.5) is 0 Å². The second kappa shape index (κ2) is 9.11. The average Bonchev–Trinajstić information content (AvgIpc) is 3.15. The molecular formula is C30H29NO2. The van der Waals surface area contributed by atoms with E-state index < -0.39 is 5.97 Å². The Hall–Kier alpha value is -3.59. The lowest BCUT2D eigenvalue weighted by atomic mass is 9.82. The molecule has 4 aromatic rings. The molecule has 1 unspecified atom stereocenters. The van der Waals surface area contributed by atoms with Crippen molar-refractivity contribution in [3.8, 4) is 0 Å². The van der Waals surface area contributed by atoms with Crippen molar-refractivity contribution in [2.24, 2.45) is 7.05 Å². The lowest BCUT2D eigenvalue weighted by Crippen LogP contribution is -2.06. The summed E-state index contributed by atoms with van der Waals surface area (Å²) in [6, 6.07) is 26.9. The highest BCUT2D eigenvalue weighted by Crippen LogP contribution is 2.41. The Morgan fingerprint density at radius 2 is 1.70 bits per heavy atom. The number of carbonyl (C=O) groups is 1. The van der Waals surface area contributed by atoms with Gasteiger partial charge < -0.3 is 9.67 Å². The van der Waals surface area contributed by atoms with Crippen LogP contribution in [-0.4, -0.2) is 15.6 Å². The van der Waals surface area contributed by atoms with Crippen molar-refractivity contribution in [3.05, 3.63) is 113 Å². The van der Waals surface area contributed by atoms with Gasteiger partial charge in [0.25, 0.3) is 0 Å². The van der Waals surface area contributed by atoms with Crippen LogP contribution in [0.1, 0.15) is 57.9 Å². The second-order valence-electron chi connectivity index (χ2n) is 9.01. The van der Waals surface area contributed by atoms with E-state index in [-0.39, 0.29) is 0 Å². The molecule has 1 aliphatic rings. The Bertz CT molecular complexity index is 1320. The topological polar surface area (TPSA) is 42.2 Å². The van der Waals surface area contributed by atoms with Crippen LogP contribution < -0.4 is 0 Å². The first-order chi connectivity index (χ1) is 16.1. The van der Waals surface area contributed by atoms with E-state index in [2.05, 4.69) is 78.4 Å². The molecule has 3 heteroatoms. The van der Waals surface area contributed by atoms with Crippen LogP contribution in [0.15, 0.2) is 84.9 Å². The van der Waals surface area contributed by atoms with Crippen LogP contribution in [0.2, 0.25) is 0 Å². The van der Waals surface area contributed by atoms with Crippen molar-refractivity contribution in [1.29, 1.82) is 0 Å². The molecule has 1 heterocycles. The van der Waals surface area contributed by atoms with Gasteiger partial charge in [0.05, 0.1) is 5.56 Å². The number of fused-ring (bicyclic) bond motifs is 1. The minimum atomic E-state index is -0.881. The van der Waals surface area contributed by atoms with E-state index in [4.69, 9.17) is 0 Å². The molecule has 1 aliphatic carbocycles. The van der Waals surface area contributed by atoms with E-state index in [0.29, 0.717) is 11.5 Å². The number of allylic oxidation sites excluding steroid dienone is 2. The van der Waals surface area contributed by atoms with Gasteiger partial charge in [0.15, 0.2) is 0 Å². The van der Waals surface area contributed by atoms with Crippen LogP contribution in [0.25, 0.3) is 16.5 Å². The molecule has 0 saturated carbocycles. The molecule has 0 amide bonds. The smallest absolute Gasteiger partial charge is 0.335 e. The third-order valence-electron chi connectivity index (χ3n) is 7.07. The van der Waals surface area contributed by atoms with Crippen molar-refractivity contribution in [2.45, 2.75) is 38.0 Å². The molecule has 1 aromatic heterocycles. The van der Waals surface area contributed by atoms with Crippen LogP contribution in [0.3, 0.4) is 0 Å². The number of carboxylic acids is 1. The summed E-state index contributed by atoms with van der Waals surface area (Å²) in [4.78, 5) is 11.6. The summed E-state index contributed by atoms with van der Waals surface area (Å²) in [5.74, 6) is -0.315. The number of aromatic carboxylic acids is 1. The molecule has 0 bridgehead atoms. The van der Waals surface area contributed by atoms with Crippen LogP contribution >= 0.6 is 0 Å². The third-order valence-corrected chi connectivity index (χ3v) is 7.07. The molecule has 3 nitrogen and oxygen atoms in total. The Labute approximate surface area is 195 Å². The molecule has 0 radical (unpaired) electrons. The lowest BCUT2D eigenvalue weighted by Gasteiger charge is -2.23. The predicted molar refractivity (Wildman–Crippen MR) is 135 cm³/mol. The van der Waals surface area contributed by atoms with Gasteiger partial charge in [-0.15, -0.1) is 0 Å². The SMILES string of the molecule is Cn1c(CCc2ccccc2)c(C2=CCC(c3ccccc3)CC2)c2ccc(C(=O)O)cc21. The van der Waals surface area contributed by atoms with E-state index in [1.54, 1.807) is 6.07 Å². The summed E-state index contributed by atoms with van der Waals surface area (Å²) in [5.41, 5.74) is 8.08. The van der Waals surface area contributed by atoms with Crippen molar-refractivity contribution in [3.63, 3.8) is 0 Å². The van der Waals surface area contributed by atoms with Crippen LogP contribution in [-0.2, 0) is 19.9 Å². The highest BCUT2D eigenvalue weighted by atomic mass is 16.4. The largest absolute Gasteiger partial charge is 0.478 e. The van der Waals surface area contributed by atoms with Gasteiger partial charge in [0.1, 0.15) is 0 Å². The molecule has 0 aliphatic heterocycles. The number of rotatable bonds is 6. The van der Waals surface area contributed by atoms with E-state index >= 15 is 0 Å². The summed E-state index contributed by atoms with van der Waals surface area (Å²) in [6.07, 6.45) is 7.53. The summed E-state index contributed by atoms with van der Waals surface area (Å²) < 4.78 is 2.21. The van der Waals surface area contributed by atoms with Gasteiger partial charge in [0.2, 0.25) is 0 Å². The normalized spacial score (nSPS) is 16.0. The fourth-order valence-electron chi connectivity index (χ4n) is 5.27. The summed E-state index contributed by atoms with van der Waals surface area (Å²) in [7, 11) is 2.08. The first kappa shape index (κ1) is 21.3. The molecular weight excluding hydrogens is 406 g/mol. The van der Waals surface area contributed by atoms with Gasteiger partial charge in [-0.25, -0.2) is 4.79 Å². The number of aromatic nitrogens is 1. The number of benzene rings is 3. The summed E-state index contributed by atoms with van der Waals surface area (Å²) in [5, 5.41) is 10.7. The zero-order valence-electron chi connectivity index (χ0n) is 19.0. The molecule has 0 spiro atoms. The van der Waals surface area contributed by atoms with Crippen molar-refractivity contribution >= 4 is 22.4 Å². The van der Waals surface area contributed by atoms with Gasteiger partial charge >= 0.3 is 5.97 Å². The van der Waals surface area contributed by atoms with E-state index in [9.17, 15) is 9.90 Å². The molecule has 33 heavy (non-hydrogen) atoms. The lowest BCUT2D eigenvalue weighted by molar-refractivity contribution is 0.0697. The molecule has 0 fully saturated rings. The summed E-state index contributed by atoms with van der Waals surface area (Å²) in [6.45, 7) is 0. The minimum Gasteiger partial charge on any atom is -0.478 e. The molecule has 1 atom stereocenters. The molecule has 3 aromatic carbocycles. The maximum Gasteiger partial charge on any atom is 0.335 e. The third kappa shape index (κ3) is 4.23. The molecule has 5 rings (SSSR count). The molecule has 166 valence electrons. The van der Waals surface area contributed by atoms with E-state index in [1.807, 2.05) is 12.1 Å². The zero-order chi connectivity index (χ0) is 22.8. The average molecular weight is 436 g/mol. The first-order valence-corrected chi connectivity index (χ1v) is 11.7. The zero-order valence-corrected chi connectivity index (χ0v) is 19.0. The van der Waals surface area contributed by atoms with E-state index in [0.717, 1.165) is 43.0 Å². The fraction of sp³-hybridized carbons (Fsp3) is 0.233. The van der Waals surface area contributed by atoms with Crippen LogP contribution in [0, 0.1) is 0 Å². The Morgan fingerprint density at radius 1 is 0.970 bits per heavy atom. The van der Waals surface area contributed by atoms with Crippen molar-refractivity contribution in [2.75, 3.05) is 0 Å². The fourth-order valence-corrected chi connectivity index (χ4v) is 5.27. The number of aryl methyl sites for hydroxylation is 2. The first-order valence-electron chi connectivity index (χ1n) is 11.7. The Morgan fingerprint density at radius 3 is 2.36 bits per heavy atom. The standard InChI is InChI=1S/C30H29NO2/c1-31-27(19-12-21-8-4-2-5-9-21)29(26-18-17-25(30(32)33)20-28(26)31)24-15-13-23(14-16-24)22-10-6-3-7-11-22/h2-11,15,17-18,20,23H,12-14,16,19H2,1H3,(H,32,33). The number of nitrogens with zero attached hydrogens (tertiary/aromatic N) is 1. The van der Waals surface area contributed by atoms with Crippen LogP contribution in [0.5, 0.6) is 0 Å². The predicted octanol–water partition coefficient (Wildman–Crippen LogP) is 7.01. The van der Waals surface area contributed by atoms with E-state index in [1.165, 1.54) is 28.0 Å². The van der Waals surface area contributed by atoms with Gasteiger partial charge in [-0.05, 0) is 66.9 Å². The Balaban J connectivity index is 1.54. The number of hydrogen-bond acceptors (Lipinski definition) is 1. The second-order valence-corrected chi connectivity index (χ2v) is 9.01. The number of hydrogen-bond donors (Lipinski definition) is 1. The van der Waals surface area contributed by atoms with Crippen molar-refractivity contribution in [1.82, 2.24) is 4.57 Å². The quantitative estimate of drug-likeness (QED) is 0.354. The Kier molecular flexibility index (Phi) is 5.87. The highest BCUT2D eigenvalue weighted by Gasteiger charge is 2.23. The minimum absolute atomic E-state index is 0.339. The van der Waals surface area contributed by atoms with Gasteiger partial charge in [0, 0.05) is 29.2 Å². The maximum atomic E-state index is 11.6. The van der Waals surface area contributed by atoms with Gasteiger partial charge in [-0.2, -0.15) is 0 Å². The highest BCUT2D eigenvalue weighted by molar-refractivity contribution is 5.99. The molecule has 1 N–H and O–H groups in total. The maximum absolute atomic E-state index is 11.6. The summed E-state index contributed by atoms with van der Waals surface area (Å²) >= 11 is 0. The van der Waals surface area contributed by atoms with Gasteiger partial charge in [-0.3, -0.25) is 0 Å².